The van der Waals surface area contributed by atoms with Crippen LogP contribution in [0.1, 0.15) is 5.69 Å². The monoisotopic (exact) mass is 272 g/mol. The Labute approximate surface area is 114 Å². The molecule has 0 spiro atoms. The van der Waals surface area contributed by atoms with Crippen LogP contribution in [0.4, 0.5) is 0 Å². The third-order valence-corrected chi connectivity index (χ3v) is 2.67. The van der Waals surface area contributed by atoms with Gasteiger partial charge in [0.25, 0.3) is 5.91 Å². The fraction of sp³-hybridized carbons (Fsp3) is 0. The van der Waals surface area contributed by atoms with Crippen molar-refractivity contribution in [2.24, 2.45) is 0 Å². The lowest BCUT2D eigenvalue weighted by Crippen LogP contribution is -2.16. The summed E-state index contributed by atoms with van der Waals surface area (Å²) in [7, 11) is 0. The van der Waals surface area contributed by atoms with E-state index in [2.05, 4.69) is 9.97 Å². The number of H-pyrrole nitrogens is 1. The number of nitrogens with one attached hydrogen (secondary N) is 2. The number of pyridine rings is 1. The lowest BCUT2D eigenvalue weighted by atomic mass is 10.1. The predicted octanol–water partition coefficient (Wildman–Crippen LogP) is 2.25. The lowest BCUT2D eigenvalue weighted by Gasteiger charge is -1.94. The minimum Gasteiger partial charge on any atom is -0.361 e. The zero-order valence-electron chi connectivity index (χ0n) is 9.72. The van der Waals surface area contributed by atoms with E-state index in [-0.39, 0.29) is 5.03 Å². The van der Waals surface area contributed by atoms with Crippen LogP contribution in [0.3, 0.4) is 0 Å². The molecule has 0 aliphatic heterocycles. The van der Waals surface area contributed by atoms with Crippen molar-refractivity contribution in [1.82, 2.24) is 15.3 Å². The molecule has 0 bridgehead atoms. The van der Waals surface area contributed by atoms with Crippen molar-refractivity contribution in [1.29, 1.82) is 5.26 Å². The van der Waals surface area contributed by atoms with Crippen molar-refractivity contribution in [2.45, 2.75) is 0 Å². The molecule has 5 nitrogen and oxygen atoms in total. The molecule has 6 heteroatoms. The number of nitrogens with zero attached hydrogens (tertiary/aromatic N) is 2. The Morgan fingerprint density at radius 1 is 1.42 bits per heavy atom. The van der Waals surface area contributed by atoms with Crippen LogP contribution in [-0.4, -0.2) is 15.9 Å². The molecule has 2 aromatic heterocycles. The highest BCUT2D eigenvalue weighted by Crippen LogP contribution is 2.20. The maximum Gasteiger partial charge on any atom is 0.275 e. The van der Waals surface area contributed by atoms with E-state index >= 15 is 0 Å². The van der Waals surface area contributed by atoms with E-state index < -0.39 is 5.91 Å². The Morgan fingerprint density at radius 2 is 2.16 bits per heavy atom. The minimum atomic E-state index is -0.635. The second kappa shape index (κ2) is 5.85. The molecular formula is C13H9ClN4O. The van der Waals surface area contributed by atoms with E-state index in [4.69, 9.17) is 16.9 Å². The van der Waals surface area contributed by atoms with E-state index in [0.717, 1.165) is 11.1 Å². The van der Waals surface area contributed by atoms with Crippen molar-refractivity contribution in [2.75, 3.05) is 0 Å². The molecule has 0 aliphatic carbocycles. The Bertz CT molecular complexity index is 655. The summed E-state index contributed by atoms with van der Waals surface area (Å²) in [5.41, 5.74) is 2.63. The largest absolute Gasteiger partial charge is 0.361 e. The first-order chi connectivity index (χ1) is 9.20. The number of carbonyl (C=O) groups is 1. The third-order valence-electron chi connectivity index (χ3n) is 2.39. The maximum atomic E-state index is 11.3. The zero-order chi connectivity index (χ0) is 13.7. The molecule has 0 saturated carbocycles. The molecule has 2 heterocycles. The highest BCUT2D eigenvalue weighted by Gasteiger charge is 2.06. The molecule has 0 unspecified atom stereocenters. The average Bonchev–Trinajstić information content (AvgIpc) is 2.88. The van der Waals surface area contributed by atoms with Gasteiger partial charge in [-0.1, -0.05) is 11.6 Å². The van der Waals surface area contributed by atoms with E-state index in [1.165, 1.54) is 12.3 Å². The van der Waals surface area contributed by atoms with Crippen LogP contribution in [0, 0.1) is 11.5 Å². The summed E-state index contributed by atoms with van der Waals surface area (Å²) >= 11 is 5.77. The smallest absolute Gasteiger partial charge is 0.275 e. The Morgan fingerprint density at radius 3 is 2.84 bits per heavy atom. The summed E-state index contributed by atoms with van der Waals surface area (Å²) < 4.78 is 0. The van der Waals surface area contributed by atoms with E-state index in [9.17, 15) is 4.79 Å². The topological polar surface area (TPSA) is 81.6 Å². The fourth-order valence-corrected chi connectivity index (χ4v) is 1.68. The average molecular weight is 273 g/mol. The highest BCUT2D eigenvalue weighted by molar-refractivity contribution is 6.44. The summed E-state index contributed by atoms with van der Waals surface area (Å²) in [5, 5.41) is 10.2. The quantitative estimate of drug-likeness (QED) is 0.511. The van der Waals surface area contributed by atoms with Crippen LogP contribution < -0.4 is 5.32 Å². The molecule has 0 atom stereocenters. The molecule has 0 aromatic carbocycles. The van der Waals surface area contributed by atoms with Crippen molar-refractivity contribution < 1.29 is 4.79 Å². The summed E-state index contributed by atoms with van der Waals surface area (Å²) in [4.78, 5) is 18.2. The number of halogens is 1. The fourth-order valence-electron chi connectivity index (χ4n) is 1.52. The molecule has 1 amide bonds. The number of rotatable bonds is 3. The van der Waals surface area contributed by atoms with Gasteiger partial charge in [0.05, 0.1) is 0 Å². The van der Waals surface area contributed by atoms with E-state index in [0.29, 0.717) is 5.69 Å². The second-order valence-electron chi connectivity index (χ2n) is 3.64. The summed E-state index contributed by atoms with van der Waals surface area (Å²) in [6, 6.07) is 5.60. The van der Waals surface area contributed by atoms with Gasteiger partial charge in [-0.15, -0.1) is 0 Å². The number of hydrogen-bond donors (Lipinski definition) is 2. The standard InChI is InChI=1S/C13H9ClN4O/c14-12(13(19)18-8-15)6-11-5-10(7-17-11)9-1-3-16-4-2-9/h1-7,17H,(H,18,19)/b12-6-. The van der Waals surface area contributed by atoms with Crippen LogP contribution in [0.25, 0.3) is 17.2 Å². The number of aromatic amines is 1. The molecule has 19 heavy (non-hydrogen) atoms. The minimum absolute atomic E-state index is 0.0651. The summed E-state index contributed by atoms with van der Waals surface area (Å²) in [6.07, 6.45) is 8.18. The van der Waals surface area contributed by atoms with Gasteiger partial charge in [-0.3, -0.25) is 15.1 Å². The van der Waals surface area contributed by atoms with Crippen LogP contribution in [-0.2, 0) is 4.79 Å². The van der Waals surface area contributed by atoms with E-state index in [1.807, 2.05) is 23.5 Å². The first kappa shape index (κ1) is 12.9. The molecule has 0 saturated heterocycles. The SMILES string of the molecule is N#CNC(=O)/C(Cl)=C/c1cc(-c2ccncc2)c[nH]1. The number of nitriles is 1. The van der Waals surface area contributed by atoms with Gasteiger partial charge in [-0.2, -0.15) is 5.26 Å². The lowest BCUT2D eigenvalue weighted by molar-refractivity contribution is -0.115. The Kier molecular flexibility index (Phi) is 3.96. The van der Waals surface area contributed by atoms with Crippen LogP contribution in [0.15, 0.2) is 41.8 Å². The number of amides is 1. The molecule has 2 N–H and O–H groups in total. The van der Waals surface area contributed by atoms with Gasteiger partial charge in [-0.25, -0.2) is 0 Å². The number of aromatic nitrogens is 2. The van der Waals surface area contributed by atoms with Gasteiger partial charge in [0.15, 0.2) is 6.19 Å². The molecule has 0 aliphatic rings. The van der Waals surface area contributed by atoms with Crippen LogP contribution >= 0.6 is 11.6 Å². The maximum absolute atomic E-state index is 11.3. The molecular weight excluding hydrogens is 264 g/mol. The van der Waals surface area contributed by atoms with Crippen molar-refractivity contribution in [3.05, 3.63) is 47.5 Å². The van der Waals surface area contributed by atoms with Crippen molar-refractivity contribution in [3.63, 3.8) is 0 Å². The predicted molar refractivity (Wildman–Crippen MR) is 71.6 cm³/mol. The number of hydrogen-bond acceptors (Lipinski definition) is 3. The molecule has 2 aromatic rings. The first-order valence-electron chi connectivity index (χ1n) is 5.36. The van der Waals surface area contributed by atoms with Crippen LogP contribution in [0.2, 0.25) is 0 Å². The molecule has 0 radical (unpaired) electrons. The molecule has 94 valence electrons. The molecule has 0 fully saturated rings. The van der Waals surface area contributed by atoms with Crippen molar-refractivity contribution in [3.8, 4) is 17.3 Å². The first-order valence-corrected chi connectivity index (χ1v) is 5.74. The normalized spacial score (nSPS) is 10.8. The summed E-state index contributed by atoms with van der Waals surface area (Å²) in [6.45, 7) is 0. The van der Waals surface area contributed by atoms with Gasteiger partial charge in [-0.05, 0) is 35.4 Å². The Balaban J connectivity index is 2.21. The highest BCUT2D eigenvalue weighted by atomic mass is 35.5. The molecule has 2 rings (SSSR count). The van der Waals surface area contributed by atoms with E-state index in [1.54, 1.807) is 18.6 Å². The summed E-state index contributed by atoms with van der Waals surface area (Å²) in [5.74, 6) is -0.635. The third kappa shape index (κ3) is 3.21. The van der Waals surface area contributed by atoms with Gasteiger partial charge in [0, 0.05) is 24.3 Å². The zero-order valence-corrected chi connectivity index (χ0v) is 10.5. The second-order valence-corrected chi connectivity index (χ2v) is 4.04. The van der Waals surface area contributed by atoms with Gasteiger partial charge in [0.1, 0.15) is 5.03 Å². The van der Waals surface area contributed by atoms with Gasteiger partial charge < -0.3 is 4.98 Å². The van der Waals surface area contributed by atoms with Crippen LogP contribution in [0.5, 0.6) is 0 Å². The van der Waals surface area contributed by atoms with Gasteiger partial charge >= 0.3 is 0 Å². The Hall–Kier alpha value is -2.58. The van der Waals surface area contributed by atoms with Gasteiger partial charge in [0.2, 0.25) is 0 Å². The van der Waals surface area contributed by atoms with Crippen molar-refractivity contribution >= 4 is 23.6 Å². The number of carbonyl (C=O) groups excluding carboxylic acids is 1.